The van der Waals surface area contributed by atoms with Crippen LogP contribution < -0.4 is 10.6 Å². The number of pyridine rings is 1. The van der Waals surface area contributed by atoms with Gasteiger partial charge in [0.05, 0.1) is 17.1 Å². The van der Waals surface area contributed by atoms with Crippen LogP contribution in [0.1, 0.15) is 55.4 Å². The Bertz CT molecular complexity index is 1750. The number of hydrogen-bond acceptors (Lipinski definition) is 7. The van der Waals surface area contributed by atoms with Gasteiger partial charge in [0, 0.05) is 29.8 Å². The summed E-state index contributed by atoms with van der Waals surface area (Å²) < 4.78 is 1.73. The Kier molecular flexibility index (Phi) is 6.05. The number of amides is 2. The van der Waals surface area contributed by atoms with E-state index >= 15 is 0 Å². The highest BCUT2D eigenvalue weighted by Gasteiger charge is 2.50. The zero-order chi connectivity index (χ0) is 28.1. The first-order valence-electron chi connectivity index (χ1n) is 13.3. The Morgan fingerprint density at radius 1 is 1.00 bits per heavy atom. The summed E-state index contributed by atoms with van der Waals surface area (Å²) in [5.74, 6) is 0.642. The van der Waals surface area contributed by atoms with Crippen molar-refractivity contribution in [1.29, 1.82) is 0 Å². The van der Waals surface area contributed by atoms with Crippen LogP contribution in [0.3, 0.4) is 0 Å². The second kappa shape index (κ2) is 9.48. The lowest BCUT2D eigenvalue weighted by molar-refractivity contribution is -0.124. The molecule has 2 amide bonds. The lowest BCUT2D eigenvalue weighted by atomic mass is 9.86. The maximum atomic E-state index is 12.9. The second-order valence-electron chi connectivity index (χ2n) is 11.3. The van der Waals surface area contributed by atoms with Gasteiger partial charge in [0.1, 0.15) is 11.7 Å². The summed E-state index contributed by atoms with van der Waals surface area (Å²) in [7, 11) is 1.56. The molecule has 2 N–H and O–H groups in total. The normalized spacial score (nSPS) is 15.1. The maximum Gasteiger partial charge on any atom is 0.271 e. The number of likely N-dealkylation sites (N-methyl/N-ethyl adjacent to an activating group) is 1. The molecule has 202 valence electrons. The Morgan fingerprint density at radius 3 is 2.48 bits per heavy atom. The molecule has 0 bridgehead atoms. The fraction of sp³-hybridized carbons (Fsp3) is 0.300. The van der Waals surface area contributed by atoms with E-state index < -0.39 is 11.5 Å². The van der Waals surface area contributed by atoms with Gasteiger partial charge >= 0.3 is 0 Å². The molecule has 0 radical (unpaired) electrons. The standard InChI is InChI=1S/C30H30N8O2/c1-29(2,3)24(26(40)31-4)34-25(39)19-9-7-18(8-10-19)23-17-33-28-36-35-27(38(28)37-23)30(13-14-30)21-11-12-22-20(16-21)6-5-15-32-22/h5-12,15-17,24H,13-14H2,1-4H3,(H,31,40)(H,34,39)/t24-/m1/s1. The largest absolute Gasteiger partial charge is 0.357 e. The number of nitrogens with zero attached hydrogens (tertiary/aromatic N) is 6. The minimum atomic E-state index is -0.668. The smallest absolute Gasteiger partial charge is 0.271 e. The molecule has 3 heterocycles. The zero-order valence-electron chi connectivity index (χ0n) is 22.8. The van der Waals surface area contributed by atoms with Gasteiger partial charge in [-0.15, -0.1) is 10.2 Å². The van der Waals surface area contributed by atoms with Crippen LogP contribution in [0.5, 0.6) is 0 Å². The SMILES string of the molecule is CNC(=O)[C@@H](NC(=O)c1ccc(-c2cnc3nnc(C4(c5ccc6ncccc6c5)CC4)n3n2)cc1)C(C)(C)C. The number of aromatic nitrogens is 6. The van der Waals surface area contributed by atoms with Gasteiger partial charge in [0.2, 0.25) is 5.91 Å². The molecule has 40 heavy (non-hydrogen) atoms. The molecule has 0 aliphatic heterocycles. The third kappa shape index (κ3) is 4.45. The van der Waals surface area contributed by atoms with E-state index in [0.29, 0.717) is 17.0 Å². The highest BCUT2D eigenvalue weighted by Crippen LogP contribution is 2.53. The van der Waals surface area contributed by atoms with E-state index in [9.17, 15) is 9.59 Å². The zero-order valence-corrected chi connectivity index (χ0v) is 22.8. The van der Waals surface area contributed by atoms with Crippen molar-refractivity contribution in [3.63, 3.8) is 0 Å². The molecule has 1 aliphatic carbocycles. The van der Waals surface area contributed by atoms with Gasteiger partial charge in [0.25, 0.3) is 11.7 Å². The van der Waals surface area contributed by atoms with Gasteiger partial charge in [0.15, 0.2) is 5.82 Å². The van der Waals surface area contributed by atoms with Crippen molar-refractivity contribution in [2.75, 3.05) is 7.05 Å². The average molecular weight is 535 g/mol. The van der Waals surface area contributed by atoms with E-state index in [1.807, 2.05) is 45.0 Å². The molecule has 0 spiro atoms. The van der Waals surface area contributed by atoms with Crippen molar-refractivity contribution in [1.82, 2.24) is 40.4 Å². The Morgan fingerprint density at radius 2 is 1.77 bits per heavy atom. The molecule has 1 saturated carbocycles. The summed E-state index contributed by atoms with van der Waals surface area (Å²) in [6, 6.07) is 16.7. The Labute approximate surface area is 231 Å². The third-order valence-electron chi connectivity index (χ3n) is 7.56. The molecule has 2 aromatic carbocycles. The molecule has 1 fully saturated rings. The minimum absolute atomic E-state index is 0.236. The second-order valence-corrected chi connectivity index (χ2v) is 11.3. The van der Waals surface area contributed by atoms with Gasteiger partial charge in [-0.1, -0.05) is 45.0 Å². The van der Waals surface area contributed by atoms with Crippen LogP contribution in [0.15, 0.2) is 67.0 Å². The summed E-state index contributed by atoms with van der Waals surface area (Å²) in [6.45, 7) is 5.73. The molecule has 0 unspecified atom stereocenters. The van der Waals surface area contributed by atoms with Crippen LogP contribution >= 0.6 is 0 Å². The number of benzene rings is 2. The summed E-state index contributed by atoms with van der Waals surface area (Å²) in [5, 5.41) is 20.2. The van der Waals surface area contributed by atoms with Crippen LogP contribution in [0.4, 0.5) is 0 Å². The van der Waals surface area contributed by atoms with Crippen molar-refractivity contribution in [3.8, 4) is 11.3 Å². The van der Waals surface area contributed by atoms with Crippen LogP contribution in [0.2, 0.25) is 0 Å². The fourth-order valence-corrected chi connectivity index (χ4v) is 5.09. The predicted octanol–water partition coefficient (Wildman–Crippen LogP) is 3.70. The highest BCUT2D eigenvalue weighted by molar-refractivity contribution is 5.98. The average Bonchev–Trinajstić information content (AvgIpc) is 3.66. The Hall–Kier alpha value is -4.73. The summed E-state index contributed by atoms with van der Waals surface area (Å²) in [5.41, 5.74) is 3.28. The number of rotatable bonds is 6. The van der Waals surface area contributed by atoms with Crippen molar-refractivity contribution >= 4 is 28.5 Å². The first-order chi connectivity index (χ1) is 19.2. The molecule has 6 rings (SSSR count). The summed E-state index contributed by atoms with van der Waals surface area (Å²) in [4.78, 5) is 34.2. The molecule has 10 nitrogen and oxygen atoms in total. The van der Waals surface area contributed by atoms with E-state index in [1.165, 1.54) is 0 Å². The molecular formula is C30H30N8O2. The molecule has 1 atom stereocenters. The first kappa shape index (κ1) is 25.5. The lowest BCUT2D eigenvalue weighted by Crippen LogP contribution is -2.52. The highest BCUT2D eigenvalue weighted by atomic mass is 16.2. The van der Waals surface area contributed by atoms with Crippen LogP contribution in [-0.4, -0.2) is 54.7 Å². The molecule has 10 heteroatoms. The van der Waals surface area contributed by atoms with Crippen LogP contribution in [0.25, 0.3) is 27.9 Å². The third-order valence-corrected chi connectivity index (χ3v) is 7.56. The van der Waals surface area contributed by atoms with Gasteiger partial charge in [-0.3, -0.25) is 14.6 Å². The Balaban J connectivity index is 1.29. The monoisotopic (exact) mass is 534 g/mol. The minimum Gasteiger partial charge on any atom is -0.357 e. The summed E-state index contributed by atoms with van der Waals surface area (Å²) in [6.07, 6.45) is 5.34. The number of fused-ring (bicyclic) bond motifs is 2. The van der Waals surface area contributed by atoms with Gasteiger partial charge < -0.3 is 10.6 Å². The number of carbonyl (C=O) groups excluding carboxylic acids is 2. The van der Waals surface area contributed by atoms with E-state index in [2.05, 4.69) is 49.0 Å². The van der Waals surface area contributed by atoms with Crippen molar-refractivity contribution in [2.45, 2.75) is 45.1 Å². The number of carbonyl (C=O) groups is 2. The topological polar surface area (TPSA) is 127 Å². The van der Waals surface area contributed by atoms with Crippen LogP contribution in [-0.2, 0) is 10.2 Å². The van der Waals surface area contributed by atoms with Gasteiger partial charge in [-0.05, 0) is 54.2 Å². The molecule has 1 aliphatic rings. The predicted molar refractivity (Wildman–Crippen MR) is 151 cm³/mol. The first-order valence-corrected chi connectivity index (χ1v) is 13.3. The van der Waals surface area contributed by atoms with Crippen molar-refractivity contribution in [2.24, 2.45) is 5.41 Å². The molecular weight excluding hydrogens is 504 g/mol. The lowest BCUT2D eigenvalue weighted by Gasteiger charge is -2.29. The van der Waals surface area contributed by atoms with Crippen molar-refractivity contribution < 1.29 is 9.59 Å². The number of nitrogens with one attached hydrogen (secondary N) is 2. The molecule has 0 saturated heterocycles. The molecule has 3 aromatic heterocycles. The number of hydrogen-bond donors (Lipinski definition) is 2. The fourth-order valence-electron chi connectivity index (χ4n) is 5.09. The van der Waals surface area contributed by atoms with Gasteiger partial charge in [-0.2, -0.15) is 9.61 Å². The molecule has 5 aromatic rings. The summed E-state index contributed by atoms with van der Waals surface area (Å²) >= 11 is 0. The van der Waals surface area contributed by atoms with E-state index in [4.69, 9.17) is 5.10 Å². The van der Waals surface area contributed by atoms with Gasteiger partial charge in [-0.25, -0.2) is 4.98 Å². The van der Waals surface area contributed by atoms with E-state index in [-0.39, 0.29) is 17.2 Å². The van der Waals surface area contributed by atoms with E-state index in [0.717, 1.165) is 40.7 Å². The van der Waals surface area contributed by atoms with E-state index in [1.54, 1.807) is 36.1 Å². The van der Waals surface area contributed by atoms with Crippen LogP contribution in [0, 0.1) is 5.41 Å². The van der Waals surface area contributed by atoms with Crippen molar-refractivity contribution in [3.05, 3.63) is 83.9 Å². The maximum absolute atomic E-state index is 12.9. The quantitative estimate of drug-likeness (QED) is 0.340.